The van der Waals surface area contributed by atoms with Crippen molar-refractivity contribution in [2.24, 2.45) is 0 Å². The molecule has 0 aliphatic carbocycles. The number of rotatable bonds is 14. The maximum atomic E-state index is 11.4. The third-order valence-electron chi connectivity index (χ3n) is 3.90. The highest BCUT2D eigenvalue weighted by atomic mass is 32.2. The van der Waals surface area contributed by atoms with Crippen LogP contribution in [0.4, 0.5) is 4.79 Å². The van der Waals surface area contributed by atoms with Crippen molar-refractivity contribution in [2.75, 3.05) is 0 Å². The smallest absolute Gasteiger partial charge is 0.282 e. The van der Waals surface area contributed by atoms with Crippen molar-refractivity contribution in [3.8, 4) is 0 Å². The first kappa shape index (κ1) is 24.7. The van der Waals surface area contributed by atoms with E-state index in [0.29, 0.717) is 4.91 Å². The monoisotopic (exact) mass is 411 g/mol. The largest absolute Gasteiger partial charge is 0.290 e. The van der Waals surface area contributed by atoms with Crippen LogP contribution in [0.25, 0.3) is 0 Å². The molecule has 1 aliphatic rings. The van der Waals surface area contributed by atoms with Crippen LogP contribution in [0.3, 0.4) is 0 Å². The number of imide groups is 1. The van der Waals surface area contributed by atoms with Crippen LogP contribution in [0, 0.1) is 0 Å². The maximum absolute atomic E-state index is 11.4. The molecule has 1 N–H and O–H groups in total. The summed E-state index contributed by atoms with van der Waals surface area (Å²) in [5, 5.41) is 1.97. The van der Waals surface area contributed by atoms with Gasteiger partial charge in [0.25, 0.3) is 11.1 Å². The summed E-state index contributed by atoms with van der Waals surface area (Å²) < 4.78 is 0. The zero-order valence-electron chi connectivity index (χ0n) is 17.4. The number of thioether (sulfide) groups is 1. The average Bonchev–Trinajstić information content (AvgIpc) is 3.03. The molecule has 156 valence electrons. The Kier molecular flexibility index (Phi) is 15.1. The van der Waals surface area contributed by atoms with E-state index in [1.165, 1.54) is 0 Å². The lowest BCUT2D eigenvalue weighted by molar-refractivity contribution is -0.115. The minimum Gasteiger partial charge on any atom is -0.282 e. The van der Waals surface area contributed by atoms with Crippen LogP contribution in [0.5, 0.6) is 0 Å². The van der Waals surface area contributed by atoms with Crippen molar-refractivity contribution < 1.29 is 9.59 Å². The van der Waals surface area contributed by atoms with Crippen LogP contribution >= 0.6 is 11.8 Å². The van der Waals surface area contributed by atoms with E-state index in [0.717, 1.165) is 63.1 Å². The highest BCUT2D eigenvalue weighted by Gasteiger charge is 2.24. The fourth-order valence-electron chi connectivity index (χ4n) is 2.41. The molecule has 0 spiro atoms. The molecule has 0 aromatic rings. The van der Waals surface area contributed by atoms with Gasteiger partial charge in [0, 0.05) is 0 Å². The molecule has 0 unspecified atom stereocenters. The number of unbranched alkanes of at least 4 members (excludes halogenated alkanes) is 1. The lowest BCUT2D eigenvalue weighted by Crippen LogP contribution is -2.17. The number of carbonyl (C=O) groups excluding carboxylic acids is 2. The summed E-state index contributed by atoms with van der Waals surface area (Å²) in [7, 11) is 0. The molecule has 1 rings (SSSR count). The quantitative estimate of drug-likeness (QED) is 0.185. The first-order valence-electron chi connectivity index (χ1n) is 10.4. The van der Waals surface area contributed by atoms with E-state index >= 15 is 0 Å². The van der Waals surface area contributed by atoms with Gasteiger partial charge in [0.15, 0.2) is 0 Å². The summed E-state index contributed by atoms with van der Waals surface area (Å²) in [4.78, 5) is 22.9. The fourth-order valence-corrected chi connectivity index (χ4v) is 3.10. The molecule has 4 heteroatoms. The van der Waals surface area contributed by atoms with Gasteiger partial charge in [-0.25, -0.2) is 0 Å². The standard InChI is InChI=1S/C25H33NO2S/c1-2-3-4-5-6-7-8-9-10-11-12-13-14-15-16-17-18-19-20-21-22-23-24(27)26-25(28)29-23/h3-4,6-7,9-10,12-13,15-16,18-19,22H,2,5,8,11,14,17,20-21H2,1H3,(H,26,27,28)/b4-3-,7-6-,10-9-,13-12-,16-15-,19-18-,23-22+. The fraction of sp³-hybridized carbons (Fsp3) is 0.360. The number of carbonyl (C=O) groups is 2. The van der Waals surface area contributed by atoms with Gasteiger partial charge in [0.1, 0.15) is 0 Å². The number of amides is 2. The van der Waals surface area contributed by atoms with E-state index < -0.39 is 0 Å². The summed E-state index contributed by atoms with van der Waals surface area (Å²) in [6.45, 7) is 2.15. The Labute approximate surface area is 180 Å². The molecule has 0 bridgehead atoms. The molecule has 29 heavy (non-hydrogen) atoms. The average molecular weight is 412 g/mol. The van der Waals surface area contributed by atoms with E-state index in [1.54, 1.807) is 0 Å². The van der Waals surface area contributed by atoms with Crippen molar-refractivity contribution in [1.82, 2.24) is 5.32 Å². The maximum Gasteiger partial charge on any atom is 0.290 e. The van der Waals surface area contributed by atoms with Gasteiger partial charge < -0.3 is 0 Å². The Morgan fingerprint density at radius 1 is 0.655 bits per heavy atom. The molecule has 1 heterocycles. The first-order chi connectivity index (χ1) is 14.2. The Hall–Kier alpha value is -2.33. The van der Waals surface area contributed by atoms with E-state index in [4.69, 9.17) is 0 Å². The second-order valence-corrected chi connectivity index (χ2v) is 7.42. The van der Waals surface area contributed by atoms with Crippen LogP contribution in [0.2, 0.25) is 0 Å². The van der Waals surface area contributed by atoms with Gasteiger partial charge in [-0.1, -0.05) is 85.9 Å². The van der Waals surface area contributed by atoms with Crippen molar-refractivity contribution in [3.63, 3.8) is 0 Å². The van der Waals surface area contributed by atoms with Crippen LogP contribution in [0.15, 0.2) is 83.9 Å². The lowest BCUT2D eigenvalue weighted by atomic mass is 10.2. The van der Waals surface area contributed by atoms with E-state index in [-0.39, 0.29) is 11.1 Å². The minimum absolute atomic E-state index is 0.275. The number of nitrogens with one attached hydrogen (secondary N) is 1. The van der Waals surface area contributed by atoms with Crippen molar-refractivity contribution in [3.05, 3.63) is 83.9 Å². The van der Waals surface area contributed by atoms with Gasteiger partial charge >= 0.3 is 0 Å². The Balaban J connectivity index is 1.99. The molecule has 0 saturated carbocycles. The zero-order valence-corrected chi connectivity index (χ0v) is 18.2. The minimum atomic E-state index is -0.282. The summed E-state index contributed by atoms with van der Waals surface area (Å²) in [6.07, 6.45) is 35.6. The summed E-state index contributed by atoms with van der Waals surface area (Å²) in [6, 6.07) is 0. The summed E-state index contributed by atoms with van der Waals surface area (Å²) in [5.74, 6) is -0.275. The number of hydrogen-bond acceptors (Lipinski definition) is 3. The molecular formula is C25H33NO2S. The molecule has 2 amide bonds. The molecular weight excluding hydrogens is 378 g/mol. The molecule has 1 aliphatic heterocycles. The SMILES string of the molecule is CC/C=C\C/C=C\C/C=C\C/C=C\C/C=C\C/C=C\CC/C=C1/SC(=O)NC1=O. The third kappa shape index (κ3) is 14.3. The van der Waals surface area contributed by atoms with Gasteiger partial charge in [-0.3, -0.25) is 14.9 Å². The van der Waals surface area contributed by atoms with Crippen LogP contribution in [-0.2, 0) is 4.79 Å². The van der Waals surface area contributed by atoms with Crippen molar-refractivity contribution in [2.45, 2.75) is 58.3 Å². The second kappa shape index (κ2) is 17.7. The molecule has 1 saturated heterocycles. The van der Waals surface area contributed by atoms with Gasteiger partial charge in [0.05, 0.1) is 4.91 Å². The van der Waals surface area contributed by atoms with Gasteiger partial charge in [0.2, 0.25) is 0 Å². The molecule has 0 aromatic heterocycles. The van der Waals surface area contributed by atoms with E-state index in [9.17, 15) is 9.59 Å². The van der Waals surface area contributed by atoms with Gasteiger partial charge in [-0.2, -0.15) is 0 Å². The van der Waals surface area contributed by atoms with E-state index in [2.05, 4.69) is 85.2 Å². The van der Waals surface area contributed by atoms with Crippen LogP contribution in [-0.4, -0.2) is 11.1 Å². The molecule has 0 atom stereocenters. The predicted molar refractivity (Wildman–Crippen MR) is 127 cm³/mol. The second-order valence-electron chi connectivity index (χ2n) is 6.40. The Bertz CT molecular complexity index is 694. The first-order valence-corrected chi connectivity index (χ1v) is 11.2. The highest BCUT2D eigenvalue weighted by molar-refractivity contribution is 8.18. The van der Waals surface area contributed by atoms with Gasteiger partial charge in [-0.15, -0.1) is 0 Å². The molecule has 0 aromatic carbocycles. The zero-order chi connectivity index (χ0) is 21.0. The Morgan fingerprint density at radius 3 is 1.52 bits per heavy atom. The topological polar surface area (TPSA) is 46.2 Å². The third-order valence-corrected chi connectivity index (χ3v) is 4.76. The molecule has 0 radical (unpaired) electrons. The Morgan fingerprint density at radius 2 is 1.10 bits per heavy atom. The van der Waals surface area contributed by atoms with Crippen LogP contribution in [0.1, 0.15) is 58.3 Å². The van der Waals surface area contributed by atoms with Crippen LogP contribution < -0.4 is 5.32 Å². The van der Waals surface area contributed by atoms with Gasteiger partial charge in [-0.05, 0) is 63.1 Å². The predicted octanol–water partition coefficient (Wildman–Crippen LogP) is 7.33. The normalized spacial score (nSPS) is 17.1. The summed E-state index contributed by atoms with van der Waals surface area (Å²) in [5.41, 5.74) is 0. The van der Waals surface area contributed by atoms with Crippen molar-refractivity contribution in [1.29, 1.82) is 0 Å². The number of hydrogen-bond donors (Lipinski definition) is 1. The van der Waals surface area contributed by atoms with Crippen molar-refractivity contribution >= 4 is 22.9 Å². The molecule has 3 nitrogen and oxygen atoms in total. The summed E-state index contributed by atoms with van der Waals surface area (Å²) >= 11 is 0.975. The molecule has 1 fully saturated rings. The number of allylic oxidation sites excluding steroid dienone is 13. The lowest BCUT2D eigenvalue weighted by Gasteiger charge is -1.90. The highest BCUT2D eigenvalue weighted by Crippen LogP contribution is 2.23. The van der Waals surface area contributed by atoms with E-state index in [1.807, 2.05) is 6.08 Å².